The number of imidazole rings is 1. The van der Waals surface area contributed by atoms with E-state index in [0.29, 0.717) is 18.7 Å². The van der Waals surface area contributed by atoms with Gasteiger partial charge < -0.3 is 10.3 Å². The maximum Gasteiger partial charge on any atom is 0.392 e. The topological polar surface area (TPSA) is 43.8 Å². The first-order valence-electron chi connectivity index (χ1n) is 6.20. The van der Waals surface area contributed by atoms with Gasteiger partial charge in [-0.2, -0.15) is 13.2 Å². The van der Waals surface area contributed by atoms with E-state index in [1.807, 2.05) is 0 Å². The molecule has 1 aliphatic rings. The van der Waals surface area contributed by atoms with Gasteiger partial charge in [0.1, 0.15) is 5.82 Å². The Morgan fingerprint density at radius 1 is 1.39 bits per heavy atom. The predicted octanol–water partition coefficient (Wildman–Crippen LogP) is 2.79. The highest BCUT2D eigenvalue weighted by Gasteiger charge is 2.47. The van der Waals surface area contributed by atoms with E-state index in [2.05, 4.69) is 4.98 Å². The van der Waals surface area contributed by atoms with Crippen LogP contribution in [0.5, 0.6) is 0 Å². The molecular formula is C12H18F3N3. The maximum atomic E-state index is 13.0. The molecule has 1 heterocycles. The summed E-state index contributed by atoms with van der Waals surface area (Å²) in [5, 5.41) is 0. The predicted molar refractivity (Wildman–Crippen MR) is 61.6 cm³/mol. The van der Waals surface area contributed by atoms with Crippen LogP contribution in [0.3, 0.4) is 0 Å². The van der Waals surface area contributed by atoms with Crippen molar-refractivity contribution in [2.45, 2.75) is 37.9 Å². The van der Waals surface area contributed by atoms with Gasteiger partial charge in [-0.15, -0.1) is 0 Å². The molecular weight excluding hydrogens is 243 g/mol. The molecule has 3 atom stereocenters. The highest BCUT2D eigenvalue weighted by molar-refractivity contribution is 5.02. The quantitative estimate of drug-likeness (QED) is 0.889. The van der Waals surface area contributed by atoms with Crippen LogP contribution >= 0.6 is 0 Å². The third kappa shape index (κ3) is 2.53. The minimum absolute atomic E-state index is 0.187. The molecule has 0 aliphatic heterocycles. The van der Waals surface area contributed by atoms with Gasteiger partial charge in [-0.3, -0.25) is 0 Å². The van der Waals surface area contributed by atoms with E-state index in [9.17, 15) is 13.2 Å². The van der Waals surface area contributed by atoms with Crippen LogP contribution in [0.15, 0.2) is 12.4 Å². The van der Waals surface area contributed by atoms with E-state index in [1.165, 1.54) is 0 Å². The van der Waals surface area contributed by atoms with Crippen molar-refractivity contribution in [3.8, 4) is 0 Å². The van der Waals surface area contributed by atoms with Gasteiger partial charge in [0, 0.05) is 19.4 Å². The van der Waals surface area contributed by atoms with Gasteiger partial charge in [0.15, 0.2) is 0 Å². The number of alkyl halides is 3. The van der Waals surface area contributed by atoms with Crippen LogP contribution in [-0.2, 0) is 7.05 Å². The molecule has 6 heteroatoms. The second-order valence-electron chi connectivity index (χ2n) is 5.02. The van der Waals surface area contributed by atoms with Crippen molar-refractivity contribution < 1.29 is 13.2 Å². The van der Waals surface area contributed by atoms with Crippen molar-refractivity contribution >= 4 is 0 Å². The summed E-state index contributed by atoms with van der Waals surface area (Å²) in [4.78, 5) is 4.08. The molecule has 1 saturated carbocycles. The summed E-state index contributed by atoms with van der Waals surface area (Å²) < 4.78 is 40.7. The van der Waals surface area contributed by atoms with E-state index in [-0.39, 0.29) is 6.42 Å². The number of halogens is 3. The fraction of sp³-hybridized carbons (Fsp3) is 0.750. The zero-order chi connectivity index (χ0) is 13.3. The van der Waals surface area contributed by atoms with Crippen LogP contribution in [0.1, 0.15) is 37.5 Å². The summed E-state index contributed by atoms with van der Waals surface area (Å²) in [5.74, 6) is -1.31. The number of hydrogen-bond donors (Lipinski definition) is 1. The first kappa shape index (κ1) is 13.4. The second-order valence-corrected chi connectivity index (χ2v) is 5.02. The Hall–Kier alpha value is -1.04. The van der Waals surface area contributed by atoms with E-state index < -0.39 is 24.1 Å². The summed E-state index contributed by atoms with van der Waals surface area (Å²) in [6, 6.07) is -0.642. The summed E-state index contributed by atoms with van der Waals surface area (Å²) in [6.45, 7) is 0. The summed E-state index contributed by atoms with van der Waals surface area (Å²) in [5.41, 5.74) is 6.02. The van der Waals surface area contributed by atoms with Crippen LogP contribution in [0, 0.1) is 11.8 Å². The van der Waals surface area contributed by atoms with Crippen LogP contribution in [-0.4, -0.2) is 15.7 Å². The van der Waals surface area contributed by atoms with Gasteiger partial charge in [0.05, 0.1) is 12.0 Å². The normalized spacial score (nSPS) is 27.2. The Kier molecular flexibility index (Phi) is 3.66. The molecule has 0 saturated heterocycles. The van der Waals surface area contributed by atoms with E-state index in [4.69, 9.17) is 5.73 Å². The molecule has 1 fully saturated rings. The van der Waals surface area contributed by atoms with Crippen LogP contribution in [0.25, 0.3) is 0 Å². The molecule has 1 aromatic rings. The molecule has 2 rings (SSSR count). The lowest BCUT2D eigenvalue weighted by molar-refractivity contribution is -0.198. The standard InChI is InChI=1S/C12H18F3N3/c1-18-7-6-17-11(18)10(16)8-4-2-3-5-9(8)12(13,14)15/h6-10H,2-5,16H2,1H3. The lowest BCUT2D eigenvalue weighted by atomic mass is 9.75. The Bertz CT molecular complexity index is 400. The lowest BCUT2D eigenvalue weighted by Crippen LogP contribution is -2.39. The van der Waals surface area contributed by atoms with Gasteiger partial charge in [-0.25, -0.2) is 4.98 Å². The largest absolute Gasteiger partial charge is 0.392 e. The average molecular weight is 261 g/mol. The van der Waals surface area contributed by atoms with E-state index >= 15 is 0 Å². The third-order valence-electron chi connectivity index (χ3n) is 3.86. The van der Waals surface area contributed by atoms with Crippen LogP contribution in [0.2, 0.25) is 0 Å². The van der Waals surface area contributed by atoms with Crippen molar-refractivity contribution in [2.75, 3.05) is 0 Å². The van der Waals surface area contributed by atoms with Crippen molar-refractivity contribution in [1.82, 2.24) is 9.55 Å². The molecule has 0 bridgehead atoms. The average Bonchev–Trinajstić information content (AvgIpc) is 2.73. The minimum Gasteiger partial charge on any atom is -0.337 e. The Morgan fingerprint density at radius 3 is 2.61 bits per heavy atom. The van der Waals surface area contributed by atoms with Crippen molar-refractivity contribution in [2.24, 2.45) is 24.6 Å². The van der Waals surface area contributed by atoms with Crippen LogP contribution < -0.4 is 5.73 Å². The molecule has 0 spiro atoms. The van der Waals surface area contributed by atoms with Gasteiger partial charge >= 0.3 is 6.18 Å². The number of nitrogens with zero attached hydrogens (tertiary/aromatic N) is 2. The Labute approximate surface area is 104 Å². The highest BCUT2D eigenvalue weighted by atomic mass is 19.4. The van der Waals surface area contributed by atoms with Crippen molar-refractivity contribution in [3.63, 3.8) is 0 Å². The first-order valence-corrected chi connectivity index (χ1v) is 6.20. The van der Waals surface area contributed by atoms with Crippen molar-refractivity contribution in [3.05, 3.63) is 18.2 Å². The molecule has 0 amide bonds. The molecule has 3 unspecified atom stereocenters. The molecule has 1 aliphatic carbocycles. The van der Waals surface area contributed by atoms with E-state index in [0.717, 1.165) is 6.42 Å². The fourth-order valence-corrected chi connectivity index (χ4v) is 2.89. The number of rotatable bonds is 2. The Morgan fingerprint density at radius 2 is 2.06 bits per heavy atom. The first-order chi connectivity index (χ1) is 8.41. The van der Waals surface area contributed by atoms with Gasteiger partial charge in [-0.1, -0.05) is 12.8 Å². The maximum absolute atomic E-state index is 13.0. The van der Waals surface area contributed by atoms with Gasteiger partial charge in [0.25, 0.3) is 0 Å². The highest BCUT2D eigenvalue weighted by Crippen LogP contribution is 2.45. The fourth-order valence-electron chi connectivity index (χ4n) is 2.89. The zero-order valence-corrected chi connectivity index (χ0v) is 10.3. The van der Waals surface area contributed by atoms with Gasteiger partial charge in [-0.05, 0) is 18.8 Å². The van der Waals surface area contributed by atoms with E-state index in [1.54, 1.807) is 24.0 Å². The Balaban J connectivity index is 2.22. The number of aryl methyl sites for hydroxylation is 1. The molecule has 102 valence electrons. The number of hydrogen-bond acceptors (Lipinski definition) is 2. The molecule has 0 radical (unpaired) electrons. The molecule has 3 nitrogen and oxygen atoms in total. The zero-order valence-electron chi connectivity index (χ0n) is 10.3. The molecule has 0 aromatic carbocycles. The summed E-state index contributed by atoms with van der Waals surface area (Å²) in [7, 11) is 1.76. The van der Waals surface area contributed by atoms with Crippen LogP contribution in [0.4, 0.5) is 13.2 Å². The van der Waals surface area contributed by atoms with Gasteiger partial charge in [0.2, 0.25) is 0 Å². The second kappa shape index (κ2) is 4.91. The third-order valence-corrected chi connectivity index (χ3v) is 3.86. The molecule has 1 aromatic heterocycles. The number of nitrogens with two attached hydrogens (primary N) is 1. The SMILES string of the molecule is Cn1ccnc1C(N)C1CCCCC1C(F)(F)F. The monoisotopic (exact) mass is 261 g/mol. The molecule has 2 N–H and O–H groups in total. The minimum atomic E-state index is -4.16. The molecule has 18 heavy (non-hydrogen) atoms. The summed E-state index contributed by atoms with van der Waals surface area (Å²) in [6.07, 6.45) is 1.28. The lowest BCUT2D eigenvalue weighted by Gasteiger charge is -2.36. The number of aromatic nitrogens is 2. The summed E-state index contributed by atoms with van der Waals surface area (Å²) >= 11 is 0. The smallest absolute Gasteiger partial charge is 0.337 e. The van der Waals surface area contributed by atoms with Crippen molar-refractivity contribution in [1.29, 1.82) is 0 Å².